The van der Waals surface area contributed by atoms with Crippen molar-refractivity contribution in [3.63, 3.8) is 0 Å². The molecule has 3 amide bonds. The van der Waals surface area contributed by atoms with Gasteiger partial charge in [0.25, 0.3) is 0 Å². The molecule has 2 aliphatic carbocycles. The van der Waals surface area contributed by atoms with Gasteiger partial charge in [-0.15, -0.1) is 0 Å². The minimum absolute atomic E-state index is 0.198. The minimum Gasteiger partial charge on any atom is -0.359 e. The molecular weight excluding hydrogens is 779 g/mol. The third kappa shape index (κ3) is 9.09. The van der Waals surface area contributed by atoms with Crippen LogP contribution in [0.25, 0.3) is 11.0 Å². The number of fused-ring (bicyclic) bond motifs is 1. The van der Waals surface area contributed by atoms with Gasteiger partial charge in [-0.1, -0.05) is 38.7 Å². The Bertz CT molecular complexity index is 2020. The highest BCUT2D eigenvalue weighted by molar-refractivity contribution is 7.94. The minimum atomic E-state index is -0.740. The number of nitrogens with one attached hydrogen (secondary N) is 2. The Morgan fingerprint density at radius 1 is 1.02 bits per heavy atom. The summed E-state index contributed by atoms with van der Waals surface area (Å²) in [6.07, 6.45) is 18.6. The third-order valence-electron chi connectivity index (χ3n) is 14.1. The number of aryl methyl sites for hydroxylation is 2. The number of amides is 3. The number of aliphatic imine (C=N–C) groups is 2. The van der Waals surface area contributed by atoms with Crippen molar-refractivity contribution in [3.8, 4) is 0 Å². The molecule has 14 nitrogen and oxygen atoms in total. The van der Waals surface area contributed by atoms with Gasteiger partial charge in [-0.2, -0.15) is 0 Å². The third-order valence-corrected chi connectivity index (χ3v) is 15.2. The number of hydrogen-bond acceptors (Lipinski definition) is 10. The molecule has 326 valence electrons. The number of likely N-dealkylation sites (N-methyl/N-ethyl adjacent to an activating group) is 1. The van der Waals surface area contributed by atoms with Gasteiger partial charge in [0.1, 0.15) is 18.1 Å². The van der Waals surface area contributed by atoms with Crippen LogP contribution in [-0.2, 0) is 32.6 Å². The first-order chi connectivity index (χ1) is 29.1. The Morgan fingerprint density at radius 3 is 2.45 bits per heavy atom. The van der Waals surface area contributed by atoms with Crippen LogP contribution in [0.2, 0.25) is 0 Å². The van der Waals surface area contributed by atoms with Crippen molar-refractivity contribution in [1.29, 1.82) is 0 Å². The van der Waals surface area contributed by atoms with E-state index in [1.807, 2.05) is 35.4 Å². The van der Waals surface area contributed by atoms with E-state index in [0.717, 1.165) is 151 Å². The zero-order valence-electron chi connectivity index (χ0n) is 35.9. The summed E-state index contributed by atoms with van der Waals surface area (Å²) in [6.45, 7) is 10.8. The number of unbranched alkanes of at least 4 members (excludes halogenated alkanes) is 3. The summed E-state index contributed by atoms with van der Waals surface area (Å²) in [5.41, 5.74) is 3.18. The van der Waals surface area contributed by atoms with Gasteiger partial charge in [0, 0.05) is 83.2 Å². The number of piperidine rings is 1. The number of carbonyl (C=O) groups excluding carboxylic acids is 4. The molecule has 2 N–H and O–H groups in total. The maximum absolute atomic E-state index is 13.7. The normalized spacial score (nSPS) is 23.4. The van der Waals surface area contributed by atoms with Gasteiger partial charge in [-0.05, 0) is 106 Å². The summed E-state index contributed by atoms with van der Waals surface area (Å²) in [4.78, 5) is 73.2. The van der Waals surface area contributed by atoms with Gasteiger partial charge in [0.05, 0.1) is 22.5 Å². The van der Waals surface area contributed by atoms with Gasteiger partial charge in [-0.3, -0.25) is 33.4 Å². The molecule has 1 spiro atoms. The van der Waals surface area contributed by atoms with Crippen LogP contribution in [0.3, 0.4) is 0 Å². The molecule has 15 heteroatoms. The molecule has 5 aliphatic rings. The van der Waals surface area contributed by atoms with Gasteiger partial charge in [-0.25, -0.2) is 18.4 Å². The summed E-state index contributed by atoms with van der Waals surface area (Å²) in [6, 6.07) is 5.76. The molecule has 2 saturated heterocycles. The Morgan fingerprint density at radius 2 is 1.78 bits per heavy atom. The summed E-state index contributed by atoms with van der Waals surface area (Å²) >= 11 is 1.86. The predicted octanol–water partition coefficient (Wildman–Crippen LogP) is 5.36. The van der Waals surface area contributed by atoms with Crippen LogP contribution in [0.4, 0.5) is 0 Å². The highest BCUT2D eigenvalue weighted by atomic mass is 32.2. The molecule has 4 heterocycles. The molecule has 7 rings (SSSR count). The Kier molecular flexibility index (Phi) is 14.2. The lowest BCUT2D eigenvalue weighted by atomic mass is 9.74. The van der Waals surface area contributed by atoms with E-state index in [-0.39, 0.29) is 47.8 Å². The fraction of sp³-hybridized carbons (Fsp3) is 0.667. The van der Waals surface area contributed by atoms with Crippen molar-refractivity contribution in [3.05, 3.63) is 45.6 Å². The predicted molar refractivity (Wildman–Crippen MR) is 238 cm³/mol. The van der Waals surface area contributed by atoms with Crippen molar-refractivity contribution >= 4 is 60.6 Å². The van der Waals surface area contributed by atoms with Gasteiger partial charge in [0.15, 0.2) is 0 Å². The number of carbonyl (C=O) groups is 4. The van der Waals surface area contributed by atoms with E-state index >= 15 is 0 Å². The van der Waals surface area contributed by atoms with E-state index in [9.17, 15) is 24.0 Å². The van der Waals surface area contributed by atoms with Gasteiger partial charge >= 0.3 is 5.69 Å². The molecule has 1 aromatic heterocycles. The van der Waals surface area contributed by atoms with Crippen molar-refractivity contribution in [2.45, 2.75) is 128 Å². The smallest absolute Gasteiger partial charge is 0.329 e. The van der Waals surface area contributed by atoms with Gasteiger partial charge in [0.2, 0.25) is 18.2 Å². The Balaban J connectivity index is 0.855. The topological polar surface area (TPSA) is 154 Å². The fourth-order valence-electron chi connectivity index (χ4n) is 10.4. The van der Waals surface area contributed by atoms with Crippen LogP contribution < -0.4 is 16.3 Å². The van der Waals surface area contributed by atoms with Crippen LogP contribution in [-0.4, -0.2) is 112 Å². The first-order valence-electron chi connectivity index (χ1n) is 22.4. The fourth-order valence-corrected chi connectivity index (χ4v) is 11.7. The van der Waals surface area contributed by atoms with Crippen molar-refractivity contribution in [1.82, 2.24) is 33.3 Å². The van der Waals surface area contributed by atoms with Crippen LogP contribution >= 0.6 is 12.1 Å². The monoisotopic (exact) mass is 843 g/mol. The zero-order chi connectivity index (χ0) is 42.4. The van der Waals surface area contributed by atoms with Crippen LogP contribution in [0, 0.1) is 16.7 Å². The second-order valence-electron chi connectivity index (χ2n) is 18.1. The molecular formula is C45H65N9O5S. The lowest BCUT2D eigenvalue weighted by molar-refractivity contribution is -0.134. The van der Waals surface area contributed by atoms with Crippen LogP contribution in [0.5, 0.6) is 0 Å². The van der Waals surface area contributed by atoms with E-state index in [1.54, 1.807) is 18.7 Å². The standard InChI is InChI=1S/C45H65N9O5S/c1-32-11-9-13-36(32)54-40(46-2)35(45(20-21-45)42(54)58)28-49-34-17-24-51(25-18-34)60-52-29-44(30-52,22-23-48-31-56)19-8-6-5-7-12-33-15-16-37-39(27-33)50(4)43(59)53(37)38(14-10-26-55)41(57)47-3/h15-16,26-28,31-32,34,36,38H,2,5-14,17-25,29-30H2,1,3-4H3,(H,47,57)(H,48,56). The van der Waals surface area contributed by atoms with Gasteiger partial charge < -0.3 is 15.4 Å². The van der Waals surface area contributed by atoms with E-state index in [4.69, 9.17) is 4.99 Å². The maximum Gasteiger partial charge on any atom is 0.329 e. The van der Waals surface area contributed by atoms with E-state index in [2.05, 4.69) is 43.9 Å². The number of aromatic nitrogens is 2. The number of hydrogen-bond donors (Lipinski definition) is 2. The molecule has 1 aromatic carbocycles. The first-order valence-corrected chi connectivity index (χ1v) is 23.1. The average Bonchev–Trinajstić information content (AvgIpc) is 3.81. The Hall–Kier alpha value is -4.08. The highest BCUT2D eigenvalue weighted by Crippen LogP contribution is 2.59. The average molecular weight is 844 g/mol. The second-order valence-corrected chi connectivity index (χ2v) is 19.3. The molecule has 0 radical (unpaired) electrons. The van der Waals surface area contributed by atoms with E-state index in [1.165, 1.54) is 4.57 Å². The molecule has 3 aliphatic heterocycles. The summed E-state index contributed by atoms with van der Waals surface area (Å²) in [5.74, 6) is 1.18. The van der Waals surface area contributed by atoms with Crippen molar-refractivity contribution in [2.75, 3.05) is 39.8 Å². The summed E-state index contributed by atoms with van der Waals surface area (Å²) < 4.78 is 8.06. The number of nitrogens with zero attached hydrogens (tertiary/aromatic N) is 7. The number of rotatable bonds is 22. The molecule has 0 bridgehead atoms. The quantitative estimate of drug-likeness (QED) is 0.0696. The molecule has 2 aromatic rings. The molecule has 60 heavy (non-hydrogen) atoms. The van der Waals surface area contributed by atoms with E-state index < -0.39 is 11.5 Å². The Labute approximate surface area is 358 Å². The second kappa shape index (κ2) is 19.3. The van der Waals surface area contributed by atoms with Crippen molar-refractivity contribution < 1.29 is 19.2 Å². The van der Waals surface area contributed by atoms with Crippen LogP contribution in [0.15, 0.2) is 44.4 Å². The lowest BCUT2D eigenvalue weighted by Crippen LogP contribution is -2.55. The number of imidazole rings is 1. The zero-order valence-corrected chi connectivity index (χ0v) is 36.7. The SMILES string of the molecule is C=NC1=C(C=NC2CCN(SN3CC(CCCCCCc4ccc5c(c4)n(C)c(=O)n5C(CCC=O)C(=O)NC)(CCNC=O)C3)CC2)C2(CC2)C(=O)N1C1CCCC1C. The highest BCUT2D eigenvalue weighted by Gasteiger charge is 2.62. The first kappa shape index (κ1) is 44.0. The number of benzene rings is 1. The maximum atomic E-state index is 13.7. The molecule has 2 saturated carbocycles. The van der Waals surface area contributed by atoms with Crippen LogP contribution in [0.1, 0.15) is 115 Å². The summed E-state index contributed by atoms with van der Waals surface area (Å²) in [7, 11) is 3.27. The van der Waals surface area contributed by atoms with E-state index in [0.29, 0.717) is 18.0 Å². The number of aldehydes is 1. The van der Waals surface area contributed by atoms with Crippen molar-refractivity contribution in [2.24, 2.45) is 33.8 Å². The molecule has 3 atom stereocenters. The lowest BCUT2D eigenvalue weighted by Gasteiger charge is -2.51. The summed E-state index contributed by atoms with van der Waals surface area (Å²) in [5, 5.41) is 5.54. The molecule has 3 unspecified atom stereocenters. The largest absolute Gasteiger partial charge is 0.359 e. The molecule has 4 fully saturated rings.